The molecular weight excluding hydrogens is 504 g/mol. The van der Waals surface area contributed by atoms with Gasteiger partial charge < -0.3 is 18.9 Å². The Hall–Kier alpha value is -5.10. The van der Waals surface area contributed by atoms with Crippen molar-refractivity contribution in [1.29, 1.82) is 0 Å². The fourth-order valence-electron chi connectivity index (χ4n) is 5.76. The second-order valence-corrected chi connectivity index (χ2v) is 9.32. The zero-order valence-corrected chi connectivity index (χ0v) is 22.5. The van der Waals surface area contributed by atoms with Crippen LogP contribution in [-0.2, 0) is 0 Å². The average Bonchev–Trinajstić information content (AvgIpc) is 3.01. The van der Waals surface area contributed by atoms with Crippen LogP contribution in [0.3, 0.4) is 0 Å². The molecule has 0 aliphatic heterocycles. The lowest BCUT2D eigenvalue weighted by Crippen LogP contribution is -2.23. The van der Waals surface area contributed by atoms with Gasteiger partial charge in [0.15, 0.2) is 11.6 Å². The second-order valence-electron chi connectivity index (χ2n) is 9.32. The van der Waals surface area contributed by atoms with Gasteiger partial charge in [0.05, 0.1) is 39.6 Å². The molecule has 0 saturated heterocycles. The van der Waals surface area contributed by atoms with Crippen molar-refractivity contribution in [3.05, 3.63) is 107 Å². The molecule has 198 valence electrons. The van der Waals surface area contributed by atoms with E-state index in [4.69, 9.17) is 18.9 Å². The lowest BCUT2D eigenvalue weighted by molar-refractivity contribution is 0.0980. The summed E-state index contributed by atoms with van der Waals surface area (Å²) in [6.07, 6.45) is 0. The summed E-state index contributed by atoms with van der Waals surface area (Å²) >= 11 is 0. The van der Waals surface area contributed by atoms with Crippen LogP contribution in [0.4, 0.5) is 0 Å². The number of hydrogen-bond donors (Lipinski definition) is 0. The summed E-state index contributed by atoms with van der Waals surface area (Å²) in [6, 6.07) is 25.6. The first-order valence-electron chi connectivity index (χ1n) is 12.8. The van der Waals surface area contributed by atoms with Gasteiger partial charge in [0, 0.05) is 33.4 Å². The maximum atomic E-state index is 14.5. The number of rotatable bonds is 6. The Labute approximate surface area is 231 Å². The molecule has 0 spiro atoms. The second kappa shape index (κ2) is 9.89. The minimum Gasteiger partial charge on any atom is -0.496 e. The molecule has 0 atom stereocenters. The van der Waals surface area contributed by atoms with Gasteiger partial charge in [0.25, 0.3) is 0 Å². The number of carbonyl (C=O) groups excluding carboxylic acids is 2. The standard InChI is InChI=1S/C34H26O6/c1-37-23-15-9-16-24(38-2)29(23)27-19-11-5-6-12-20(19)28(30-25(39-3)17-10-18-26(30)40-4)32-31(27)33(35)21-13-7-8-14-22(21)34(32)36/h5-18H,1-4H3. The van der Waals surface area contributed by atoms with Crippen LogP contribution in [0.2, 0.25) is 0 Å². The van der Waals surface area contributed by atoms with Crippen LogP contribution in [0.1, 0.15) is 31.8 Å². The third kappa shape index (κ3) is 3.57. The number of ether oxygens (including phenoxy) is 4. The van der Waals surface area contributed by atoms with E-state index in [0.717, 1.165) is 10.8 Å². The van der Waals surface area contributed by atoms with Crippen LogP contribution < -0.4 is 18.9 Å². The van der Waals surface area contributed by atoms with Crippen LogP contribution in [0, 0.1) is 0 Å². The van der Waals surface area contributed by atoms with Gasteiger partial charge in [-0.1, -0.05) is 60.7 Å². The Morgan fingerprint density at radius 3 is 1.02 bits per heavy atom. The highest BCUT2D eigenvalue weighted by atomic mass is 16.5. The smallest absolute Gasteiger partial charge is 0.195 e. The summed E-state index contributed by atoms with van der Waals surface area (Å²) in [4.78, 5) is 29.0. The van der Waals surface area contributed by atoms with Crippen LogP contribution >= 0.6 is 0 Å². The Bertz CT molecular complexity index is 1660. The van der Waals surface area contributed by atoms with Gasteiger partial charge in [-0.05, 0) is 35.0 Å². The van der Waals surface area contributed by atoms with Crippen molar-refractivity contribution in [3.8, 4) is 45.3 Å². The SMILES string of the molecule is COc1cccc(OC)c1-c1c2c(c(-c3c(OC)cccc3OC)c3ccccc13)C(=O)c1ccccc1C2=O. The summed E-state index contributed by atoms with van der Waals surface area (Å²) in [7, 11) is 6.29. The predicted molar refractivity (Wildman–Crippen MR) is 154 cm³/mol. The Balaban J connectivity index is 1.91. The first-order valence-corrected chi connectivity index (χ1v) is 12.8. The number of benzene rings is 5. The normalized spacial score (nSPS) is 12.1. The van der Waals surface area contributed by atoms with Crippen molar-refractivity contribution in [2.24, 2.45) is 0 Å². The zero-order chi connectivity index (χ0) is 28.0. The molecule has 0 amide bonds. The van der Waals surface area contributed by atoms with Crippen molar-refractivity contribution in [2.75, 3.05) is 28.4 Å². The molecule has 1 aliphatic rings. The van der Waals surface area contributed by atoms with Crippen molar-refractivity contribution in [2.45, 2.75) is 0 Å². The molecule has 0 heterocycles. The fraction of sp³-hybridized carbons (Fsp3) is 0.118. The van der Waals surface area contributed by atoms with E-state index in [1.807, 2.05) is 60.7 Å². The van der Waals surface area contributed by atoms with E-state index in [0.29, 0.717) is 56.4 Å². The number of ketones is 2. The van der Waals surface area contributed by atoms with Crippen LogP contribution in [0.25, 0.3) is 33.0 Å². The van der Waals surface area contributed by atoms with E-state index >= 15 is 0 Å². The first kappa shape index (κ1) is 25.2. The predicted octanol–water partition coefficient (Wildman–Crippen LogP) is 6.98. The Morgan fingerprint density at radius 2 is 0.700 bits per heavy atom. The van der Waals surface area contributed by atoms with Gasteiger partial charge in [-0.25, -0.2) is 0 Å². The molecule has 0 radical (unpaired) electrons. The highest BCUT2D eigenvalue weighted by molar-refractivity contribution is 6.36. The van der Waals surface area contributed by atoms with E-state index in [2.05, 4.69) is 0 Å². The van der Waals surface area contributed by atoms with Crippen LogP contribution in [-0.4, -0.2) is 40.0 Å². The monoisotopic (exact) mass is 530 g/mol. The largest absolute Gasteiger partial charge is 0.496 e. The molecule has 0 saturated carbocycles. The molecular formula is C34H26O6. The molecule has 6 rings (SSSR count). The fourth-order valence-corrected chi connectivity index (χ4v) is 5.76. The summed E-state index contributed by atoms with van der Waals surface area (Å²) in [5.74, 6) is 1.58. The van der Waals surface area contributed by atoms with Gasteiger partial charge in [-0.15, -0.1) is 0 Å². The highest BCUT2D eigenvalue weighted by Gasteiger charge is 2.38. The number of fused-ring (bicyclic) bond motifs is 3. The van der Waals surface area contributed by atoms with Gasteiger partial charge in [-0.3, -0.25) is 9.59 Å². The number of carbonyl (C=O) groups is 2. The maximum Gasteiger partial charge on any atom is 0.195 e. The third-order valence-corrected chi connectivity index (χ3v) is 7.44. The van der Waals surface area contributed by atoms with Gasteiger partial charge >= 0.3 is 0 Å². The average molecular weight is 531 g/mol. The summed E-state index contributed by atoms with van der Waals surface area (Å²) in [5.41, 5.74) is 3.61. The van der Waals surface area contributed by atoms with Crippen molar-refractivity contribution >= 4 is 22.3 Å². The minimum atomic E-state index is -0.256. The Kier molecular flexibility index (Phi) is 6.23. The lowest BCUT2D eigenvalue weighted by Gasteiger charge is -2.28. The first-order chi connectivity index (χ1) is 19.5. The molecule has 5 aromatic carbocycles. The van der Waals surface area contributed by atoms with E-state index < -0.39 is 0 Å². The number of methoxy groups -OCH3 is 4. The lowest BCUT2D eigenvalue weighted by atomic mass is 9.74. The summed E-state index contributed by atoms with van der Waals surface area (Å²) in [5, 5.41) is 1.51. The van der Waals surface area contributed by atoms with Gasteiger partial charge in [-0.2, -0.15) is 0 Å². The van der Waals surface area contributed by atoms with E-state index in [1.54, 1.807) is 52.7 Å². The van der Waals surface area contributed by atoms with Crippen molar-refractivity contribution in [1.82, 2.24) is 0 Å². The summed E-state index contributed by atoms with van der Waals surface area (Å²) < 4.78 is 23.1. The zero-order valence-electron chi connectivity index (χ0n) is 22.5. The molecule has 0 fully saturated rings. The molecule has 0 aromatic heterocycles. The van der Waals surface area contributed by atoms with E-state index in [-0.39, 0.29) is 22.7 Å². The maximum absolute atomic E-state index is 14.5. The molecule has 0 N–H and O–H groups in total. The minimum absolute atomic E-state index is 0.256. The molecule has 5 aromatic rings. The highest BCUT2D eigenvalue weighted by Crippen LogP contribution is 2.52. The molecule has 0 bridgehead atoms. The van der Waals surface area contributed by atoms with Crippen molar-refractivity contribution in [3.63, 3.8) is 0 Å². The quantitative estimate of drug-likeness (QED) is 0.231. The van der Waals surface area contributed by atoms with E-state index in [1.165, 1.54) is 0 Å². The molecule has 0 unspecified atom stereocenters. The van der Waals surface area contributed by atoms with Gasteiger partial charge in [0.2, 0.25) is 0 Å². The van der Waals surface area contributed by atoms with Crippen molar-refractivity contribution < 1.29 is 28.5 Å². The molecule has 1 aliphatic carbocycles. The van der Waals surface area contributed by atoms with Crippen LogP contribution in [0.15, 0.2) is 84.9 Å². The van der Waals surface area contributed by atoms with Crippen LogP contribution in [0.5, 0.6) is 23.0 Å². The molecule has 6 nitrogen and oxygen atoms in total. The molecule has 40 heavy (non-hydrogen) atoms. The van der Waals surface area contributed by atoms with Gasteiger partial charge in [0.1, 0.15) is 23.0 Å². The number of hydrogen-bond acceptors (Lipinski definition) is 6. The third-order valence-electron chi connectivity index (χ3n) is 7.44. The molecule has 6 heteroatoms. The Morgan fingerprint density at radius 1 is 0.375 bits per heavy atom. The summed E-state index contributed by atoms with van der Waals surface area (Å²) in [6.45, 7) is 0. The topological polar surface area (TPSA) is 71.1 Å². The van der Waals surface area contributed by atoms with E-state index in [9.17, 15) is 9.59 Å².